The molecule has 33 heavy (non-hydrogen) atoms. The molecule has 3 aromatic rings. The Morgan fingerprint density at radius 1 is 1.18 bits per heavy atom. The van der Waals surface area contributed by atoms with Crippen molar-refractivity contribution in [3.63, 3.8) is 0 Å². The number of carbonyl (C=O) groups is 1. The number of esters is 1. The Balaban J connectivity index is 1.77. The van der Waals surface area contributed by atoms with Gasteiger partial charge in [-0.05, 0) is 42.5 Å². The molecule has 0 aliphatic carbocycles. The molecule has 2 unspecified atom stereocenters. The minimum atomic E-state index is -0.688. The van der Waals surface area contributed by atoms with Crippen molar-refractivity contribution < 1.29 is 19.0 Å². The number of nitrogens with zero attached hydrogens (tertiary/aromatic N) is 2. The van der Waals surface area contributed by atoms with Crippen LogP contribution >= 0.6 is 11.6 Å². The van der Waals surface area contributed by atoms with E-state index >= 15 is 0 Å². The molecule has 1 saturated heterocycles. The van der Waals surface area contributed by atoms with Gasteiger partial charge in [0.15, 0.2) is 0 Å². The standard InChI is InChI=1S/C26H26ClFN2O3/c1-16(2)26-29-24(17-5-9-19(27)10-6-17)25(18-7-11-20(28)12-8-18)30(26)13-3-4-22-14-21(31)15-23(32)33-22/h3-12,16,21-22,31H,13-15H2,1-2H3. The van der Waals surface area contributed by atoms with Gasteiger partial charge in [-0.15, -0.1) is 0 Å². The molecule has 0 amide bonds. The second-order valence-corrected chi connectivity index (χ2v) is 8.93. The van der Waals surface area contributed by atoms with E-state index in [1.807, 2.05) is 30.3 Å². The Labute approximate surface area is 197 Å². The smallest absolute Gasteiger partial charge is 0.309 e. The first-order chi connectivity index (χ1) is 15.8. The first kappa shape index (κ1) is 23.2. The van der Waals surface area contributed by atoms with Gasteiger partial charge in [-0.1, -0.05) is 43.7 Å². The Hall–Kier alpha value is -2.96. The van der Waals surface area contributed by atoms with Crippen LogP contribution in [0.2, 0.25) is 5.02 Å². The molecule has 4 rings (SSSR count). The number of benzene rings is 2. The molecule has 0 spiro atoms. The van der Waals surface area contributed by atoms with E-state index in [2.05, 4.69) is 18.4 Å². The fraction of sp³-hybridized carbons (Fsp3) is 0.308. The Morgan fingerprint density at radius 3 is 2.48 bits per heavy atom. The highest BCUT2D eigenvalue weighted by atomic mass is 35.5. The Morgan fingerprint density at radius 2 is 1.85 bits per heavy atom. The molecule has 0 saturated carbocycles. The third-order valence-corrected chi connectivity index (χ3v) is 5.83. The zero-order valence-electron chi connectivity index (χ0n) is 18.5. The number of aromatic nitrogens is 2. The van der Waals surface area contributed by atoms with Gasteiger partial charge in [0, 0.05) is 35.0 Å². The van der Waals surface area contributed by atoms with E-state index in [4.69, 9.17) is 21.3 Å². The molecule has 2 heterocycles. The van der Waals surface area contributed by atoms with Crippen LogP contribution in [-0.4, -0.2) is 32.8 Å². The van der Waals surface area contributed by atoms with Gasteiger partial charge in [-0.3, -0.25) is 4.79 Å². The summed E-state index contributed by atoms with van der Waals surface area (Å²) in [4.78, 5) is 16.6. The average molecular weight is 469 g/mol. The lowest BCUT2D eigenvalue weighted by molar-refractivity contribution is -0.156. The van der Waals surface area contributed by atoms with Gasteiger partial charge in [-0.25, -0.2) is 9.37 Å². The van der Waals surface area contributed by atoms with E-state index in [0.29, 0.717) is 18.0 Å². The first-order valence-electron chi connectivity index (χ1n) is 11.0. The number of ether oxygens (including phenoxy) is 1. The molecule has 1 aliphatic heterocycles. The average Bonchev–Trinajstić information content (AvgIpc) is 3.14. The SMILES string of the molecule is CC(C)c1nc(-c2ccc(Cl)cc2)c(-c2ccc(F)cc2)n1CC=CC1CC(O)CC(=O)O1. The zero-order chi connectivity index (χ0) is 23.5. The topological polar surface area (TPSA) is 64.3 Å². The molecule has 2 aromatic carbocycles. The lowest BCUT2D eigenvalue weighted by atomic mass is 10.0. The number of imidazole rings is 1. The molecule has 7 heteroatoms. The molecule has 0 radical (unpaired) electrons. The van der Waals surface area contributed by atoms with E-state index in [1.54, 1.807) is 18.2 Å². The highest BCUT2D eigenvalue weighted by Crippen LogP contribution is 2.35. The van der Waals surface area contributed by atoms with Crippen molar-refractivity contribution in [2.75, 3.05) is 0 Å². The van der Waals surface area contributed by atoms with Gasteiger partial charge >= 0.3 is 5.97 Å². The second kappa shape index (κ2) is 9.89. The van der Waals surface area contributed by atoms with Crippen LogP contribution in [0.4, 0.5) is 4.39 Å². The summed E-state index contributed by atoms with van der Waals surface area (Å²) in [7, 11) is 0. The molecule has 2 atom stereocenters. The van der Waals surface area contributed by atoms with Gasteiger partial charge in [0.25, 0.3) is 0 Å². The van der Waals surface area contributed by atoms with Crippen molar-refractivity contribution in [3.8, 4) is 22.5 Å². The predicted octanol–water partition coefficient (Wildman–Crippen LogP) is 5.76. The Kier molecular flexibility index (Phi) is 6.96. The normalized spacial score (nSPS) is 18.8. The van der Waals surface area contributed by atoms with E-state index in [0.717, 1.165) is 28.3 Å². The summed E-state index contributed by atoms with van der Waals surface area (Å²) in [5.41, 5.74) is 3.41. The van der Waals surface area contributed by atoms with Crippen LogP contribution in [0, 0.1) is 5.82 Å². The summed E-state index contributed by atoms with van der Waals surface area (Å²) >= 11 is 6.09. The third kappa shape index (κ3) is 5.34. The number of hydrogen-bond acceptors (Lipinski definition) is 4. The molecule has 1 N–H and O–H groups in total. The van der Waals surface area contributed by atoms with Crippen LogP contribution in [0.15, 0.2) is 60.7 Å². The van der Waals surface area contributed by atoms with E-state index in [-0.39, 0.29) is 18.2 Å². The minimum absolute atomic E-state index is 0.0303. The van der Waals surface area contributed by atoms with Crippen molar-refractivity contribution in [3.05, 3.63) is 77.3 Å². The van der Waals surface area contributed by atoms with Crippen molar-refractivity contribution in [1.82, 2.24) is 9.55 Å². The fourth-order valence-electron chi connectivity index (χ4n) is 4.05. The Bertz CT molecular complexity index is 1150. The lowest BCUT2D eigenvalue weighted by Gasteiger charge is -2.23. The van der Waals surface area contributed by atoms with Crippen molar-refractivity contribution in [2.45, 2.75) is 51.4 Å². The van der Waals surface area contributed by atoms with Crippen molar-refractivity contribution in [2.24, 2.45) is 0 Å². The molecule has 1 aromatic heterocycles. The maximum Gasteiger partial charge on any atom is 0.309 e. The van der Waals surface area contributed by atoms with Crippen LogP contribution in [0.3, 0.4) is 0 Å². The zero-order valence-corrected chi connectivity index (χ0v) is 19.3. The third-order valence-electron chi connectivity index (χ3n) is 5.58. The van der Waals surface area contributed by atoms with Crippen LogP contribution < -0.4 is 0 Å². The number of aliphatic hydroxyl groups excluding tert-OH is 1. The van der Waals surface area contributed by atoms with Gasteiger partial charge in [0.2, 0.25) is 0 Å². The monoisotopic (exact) mass is 468 g/mol. The summed E-state index contributed by atoms with van der Waals surface area (Å²) in [5, 5.41) is 10.5. The van der Waals surface area contributed by atoms with Gasteiger partial charge in [-0.2, -0.15) is 0 Å². The number of halogens is 2. The number of rotatable bonds is 6. The quantitative estimate of drug-likeness (QED) is 0.369. The highest BCUT2D eigenvalue weighted by molar-refractivity contribution is 6.30. The van der Waals surface area contributed by atoms with Crippen LogP contribution in [0.5, 0.6) is 0 Å². The van der Waals surface area contributed by atoms with Gasteiger partial charge in [0.05, 0.1) is 23.9 Å². The molecule has 172 valence electrons. The van der Waals surface area contributed by atoms with Gasteiger partial charge < -0.3 is 14.4 Å². The maximum atomic E-state index is 13.7. The van der Waals surface area contributed by atoms with E-state index in [1.165, 1.54) is 12.1 Å². The van der Waals surface area contributed by atoms with E-state index < -0.39 is 18.2 Å². The predicted molar refractivity (Wildman–Crippen MR) is 126 cm³/mol. The minimum Gasteiger partial charge on any atom is -0.458 e. The summed E-state index contributed by atoms with van der Waals surface area (Å²) in [6.07, 6.45) is 2.99. The summed E-state index contributed by atoms with van der Waals surface area (Å²) < 4.78 is 21.1. The number of cyclic esters (lactones) is 1. The largest absolute Gasteiger partial charge is 0.458 e. The highest BCUT2D eigenvalue weighted by Gasteiger charge is 2.25. The molecular formula is C26H26ClFN2O3. The van der Waals surface area contributed by atoms with E-state index in [9.17, 15) is 14.3 Å². The molecule has 1 fully saturated rings. The van der Waals surface area contributed by atoms with Gasteiger partial charge in [0.1, 0.15) is 17.7 Å². The van der Waals surface area contributed by atoms with Crippen LogP contribution in [0.25, 0.3) is 22.5 Å². The number of allylic oxidation sites excluding steroid dienone is 1. The summed E-state index contributed by atoms with van der Waals surface area (Å²) in [6, 6.07) is 13.8. The molecule has 1 aliphatic rings. The number of hydrogen-bond donors (Lipinski definition) is 1. The summed E-state index contributed by atoms with van der Waals surface area (Å²) in [5.74, 6) is 0.308. The maximum absolute atomic E-state index is 13.7. The van der Waals surface area contributed by atoms with Crippen LogP contribution in [0.1, 0.15) is 38.4 Å². The van der Waals surface area contributed by atoms with Crippen molar-refractivity contribution >= 4 is 17.6 Å². The molecular weight excluding hydrogens is 443 g/mol. The lowest BCUT2D eigenvalue weighted by Crippen LogP contribution is -2.31. The first-order valence-corrected chi connectivity index (χ1v) is 11.4. The summed E-state index contributed by atoms with van der Waals surface area (Å²) in [6.45, 7) is 4.62. The number of carbonyl (C=O) groups excluding carboxylic acids is 1. The van der Waals surface area contributed by atoms with Crippen molar-refractivity contribution in [1.29, 1.82) is 0 Å². The second-order valence-electron chi connectivity index (χ2n) is 8.50. The fourth-order valence-corrected chi connectivity index (χ4v) is 4.18. The number of aliphatic hydroxyl groups is 1. The molecule has 5 nitrogen and oxygen atoms in total. The van der Waals surface area contributed by atoms with Crippen LogP contribution in [-0.2, 0) is 16.1 Å². The molecule has 0 bridgehead atoms.